The van der Waals surface area contributed by atoms with Crippen molar-refractivity contribution in [1.82, 2.24) is 15.2 Å². The highest BCUT2D eigenvalue weighted by Gasteiger charge is 2.05. The van der Waals surface area contributed by atoms with E-state index >= 15 is 0 Å². The Balaban J connectivity index is 2.33. The number of aromatic amines is 1. The van der Waals surface area contributed by atoms with Crippen LogP contribution in [0.1, 0.15) is 5.82 Å². The third-order valence-electron chi connectivity index (χ3n) is 1.16. The normalized spacial score (nSPS) is 13.2. The lowest BCUT2D eigenvalue weighted by molar-refractivity contribution is 0.223. The summed E-state index contributed by atoms with van der Waals surface area (Å²) >= 11 is 6.80. The number of hydrogen-bond acceptors (Lipinski definition) is 4. The fourth-order valence-electron chi connectivity index (χ4n) is 0.602. The highest BCUT2D eigenvalue weighted by atomic mass is 35.5. The van der Waals surface area contributed by atoms with E-state index in [1.165, 1.54) is 11.8 Å². The standard InChI is InChI=1S/C6H10ClN3OS/c1-4-8-6(10-9-4)12-3-5(11)2-7/h5,11H,2-3H2,1H3,(H,8,9,10)/t5-/m0/s1. The Hall–Kier alpha value is -0.260. The summed E-state index contributed by atoms with van der Waals surface area (Å²) in [5.74, 6) is 1.55. The van der Waals surface area contributed by atoms with Gasteiger partial charge in [0.25, 0.3) is 0 Å². The number of H-pyrrole nitrogens is 1. The van der Waals surface area contributed by atoms with Crippen LogP contribution in [0, 0.1) is 6.92 Å². The second-order valence-corrected chi connectivity index (χ2v) is 3.62. The van der Waals surface area contributed by atoms with E-state index in [1.54, 1.807) is 0 Å². The minimum atomic E-state index is -0.490. The summed E-state index contributed by atoms with van der Waals surface area (Å²) in [6.07, 6.45) is -0.490. The monoisotopic (exact) mass is 207 g/mol. The predicted octanol–water partition coefficient (Wildman–Crippen LogP) is 0.805. The molecular formula is C6H10ClN3OS. The minimum Gasteiger partial charge on any atom is -0.391 e. The lowest BCUT2D eigenvalue weighted by Gasteiger charge is -2.01. The van der Waals surface area contributed by atoms with E-state index < -0.39 is 6.10 Å². The molecule has 4 nitrogen and oxygen atoms in total. The van der Waals surface area contributed by atoms with Crippen LogP contribution < -0.4 is 0 Å². The zero-order valence-corrected chi connectivity index (χ0v) is 8.19. The molecule has 0 amide bonds. The first-order valence-corrected chi connectivity index (χ1v) is 5.00. The molecular weight excluding hydrogens is 198 g/mol. The highest BCUT2D eigenvalue weighted by molar-refractivity contribution is 7.99. The molecule has 0 saturated heterocycles. The maximum atomic E-state index is 9.11. The number of rotatable bonds is 4. The third kappa shape index (κ3) is 3.00. The Morgan fingerprint density at radius 1 is 1.75 bits per heavy atom. The zero-order chi connectivity index (χ0) is 8.97. The highest BCUT2D eigenvalue weighted by Crippen LogP contribution is 2.13. The van der Waals surface area contributed by atoms with Gasteiger partial charge in [-0.2, -0.15) is 0 Å². The van der Waals surface area contributed by atoms with E-state index in [2.05, 4.69) is 15.2 Å². The summed E-state index contributed by atoms with van der Waals surface area (Å²) in [4.78, 5) is 4.06. The molecule has 1 aromatic rings. The van der Waals surface area contributed by atoms with Gasteiger partial charge in [-0.1, -0.05) is 11.8 Å². The third-order valence-corrected chi connectivity index (χ3v) is 2.51. The van der Waals surface area contributed by atoms with E-state index in [-0.39, 0.29) is 5.88 Å². The van der Waals surface area contributed by atoms with Crippen LogP contribution in [0.15, 0.2) is 5.16 Å². The van der Waals surface area contributed by atoms with Crippen molar-refractivity contribution < 1.29 is 5.11 Å². The van der Waals surface area contributed by atoms with Crippen LogP contribution in [-0.4, -0.2) is 38.0 Å². The zero-order valence-electron chi connectivity index (χ0n) is 6.62. The Morgan fingerprint density at radius 3 is 3.00 bits per heavy atom. The SMILES string of the molecule is Cc1nc(SC[C@@H](O)CCl)n[nH]1. The van der Waals surface area contributed by atoms with Crippen LogP contribution in [0.3, 0.4) is 0 Å². The number of thioether (sulfide) groups is 1. The maximum Gasteiger partial charge on any atom is 0.208 e. The number of aryl methyl sites for hydroxylation is 1. The van der Waals surface area contributed by atoms with Crippen LogP contribution in [-0.2, 0) is 0 Å². The molecule has 0 aliphatic heterocycles. The van der Waals surface area contributed by atoms with Crippen LogP contribution >= 0.6 is 23.4 Å². The number of alkyl halides is 1. The molecule has 0 fully saturated rings. The number of aromatic nitrogens is 3. The molecule has 0 aliphatic carbocycles. The molecule has 0 aliphatic rings. The molecule has 12 heavy (non-hydrogen) atoms. The van der Waals surface area contributed by atoms with Gasteiger partial charge < -0.3 is 5.11 Å². The van der Waals surface area contributed by atoms with Gasteiger partial charge in [-0.15, -0.1) is 16.7 Å². The smallest absolute Gasteiger partial charge is 0.208 e. The quantitative estimate of drug-likeness (QED) is 0.567. The lowest BCUT2D eigenvalue weighted by Crippen LogP contribution is -2.11. The Bertz CT molecular complexity index is 242. The van der Waals surface area contributed by atoms with E-state index in [1.807, 2.05) is 6.92 Å². The topological polar surface area (TPSA) is 61.8 Å². The average Bonchev–Trinajstić information content (AvgIpc) is 2.47. The molecule has 0 unspecified atom stereocenters. The molecule has 6 heteroatoms. The van der Waals surface area contributed by atoms with Gasteiger partial charge in [0.2, 0.25) is 5.16 Å². The van der Waals surface area contributed by atoms with Crippen molar-refractivity contribution in [3.05, 3.63) is 5.82 Å². The number of nitrogens with zero attached hydrogens (tertiary/aromatic N) is 2. The molecule has 1 heterocycles. The van der Waals surface area contributed by atoms with Crippen molar-refractivity contribution >= 4 is 23.4 Å². The number of aliphatic hydroxyl groups is 1. The maximum absolute atomic E-state index is 9.11. The van der Waals surface area contributed by atoms with Crippen molar-refractivity contribution in [2.75, 3.05) is 11.6 Å². The Kier molecular flexibility index (Phi) is 3.84. The lowest BCUT2D eigenvalue weighted by atomic mass is 10.5. The van der Waals surface area contributed by atoms with E-state index in [9.17, 15) is 0 Å². The molecule has 1 aromatic heterocycles. The van der Waals surface area contributed by atoms with E-state index in [4.69, 9.17) is 16.7 Å². The second kappa shape index (κ2) is 4.69. The average molecular weight is 208 g/mol. The summed E-state index contributed by atoms with van der Waals surface area (Å²) in [5.41, 5.74) is 0. The number of nitrogens with one attached hydrogen (secondary N) is 1. The Morgan fingerprint density at radius 2 is 2.50 bits per heavy atom. The van der Waals surface area contributed by atoms with Crippen LogP contribution in [0.25, 0.3) is 0 Å². The molecule has 0 saturated carbocycles. The van der Waals surface area contributed by atoms with Crippen LogP contribution in [0.4, 0.5) is 0 Å². The van der Waals surface area contributed by atoms with Crippen molar-refractivity contribution in [1.29, 1.82) is 0 Å². The molecule has 68 valence electrons. The molecule has 1 rings (SSSR count). The predicted molar refractivity (Wildman–Crippen MR) is 48.6 cm³/mol. The van der Waals surface area contributed by atoms with Crippen LogP contribution in [0.5, 0.6) is 0 Å². The van der Waals surface area contributed by atoms with Gasteiger partial charge in [0.1, 0.15) is 5.82 Å². The number of halogens is 1. The molecule has 0 spiro atoms. The number of hydrogen-bond donors (Lipinski definition) is 2. The van der Waals surface area contributed by atoms with Gasteiger partial charge >= 0.3 is 0 Å². The Labute approximate surface area is 79.7 Å². The van der Waals surface area contributed by atoms with Crippen molar-refractivity contribution in [3.8, 4) is 0 Å². The van der Waals surface area contributed by atoms with E-state index in [0.29, 0.717) is 10.9 Å². The fraction of sp³-hybridized carbons (Fsp3) is 0.667. The van der Waals surface area contributed by atoms with Crippen molar-refractivity contribution in [2.24, 2.45) is 0 Å². The van der Waals surface area contributed by atoms with Gasteiger partial charge in [-0.3, -0.25) is 5.10 Å². The van der Waals surface area contributed by atoms with Gasteiger partial charge in [0.15, 0.2) is 0 Å². The number of aliphatic hydroxyl groups excluding tert-OH is 1. The van der Waals surface area contributed by atoms with Crippen molar-refractivity contribution in [2.45, 2.75) is 18.2 Å². The fourth-order valence-corrected chi connectivity index (χ4v) is 1.61. The summed E-state index contributed by atoms with van der Waals surface area (Å²) in [7, 11) is 0. The first-order valence-electron chi connectivity index (χ1n) is 3.48. The van der Waals surface area contributed by atoms with Gasteiger partial charge in [-0.05, 0) is 6.92 Å². The first kappa shape index (κ1) is 9.83. The molecule has 0 bridgehead atoms. The largest absolute Gasteiger partial charge is 0.391 e. The first-order chi connectivity index (χ1) is 5.72. The molecule has 1 atom stereocenters. The summed E-state index contributed by atoms with van der Waals surface area (Å²) in [5, 5.41) is 16.4. The van der Waals surface area contributed by atoms with Gasteiger partial charge in [-0.25, -0.2) is 4.98 Å². The second-order valence-electron chi connectivity index (χ2n) is 2.32. The van der Waals surface area contributed by atoms with Gasteiger partial charge in [0.05, 0.1) is 6.10 Å². The van der Waals surface area contributed by atoms with E-state index in [0.717, 1.165) is 5.82 Å². The molecule has 0 aromatic carbocycles. The van der Waals surface area contributed by atoms with Gasteiger partial charge in [0, 0.05) is 11.6 Å². The summed E-state index contributed by atoms with van der Waals surface area (Å²) in [6, 6.07) is 0. The van der Waals surface area contributed by atoms with Crippen LogP contribution in [0.2, 0.25) is 0 Å². The molecule has 0 radical (unpaired) electrons. The minimum absolute atomic E-state index is 0.246. The van der Waals surface area contributed by atoms with Crippen molar-refractivity contribution in [3.63, 3.8) is 0 Å². The summed E-state index contributed by atoms with van der Waals surface area (Å²) < 4.78 is 0. The molecule has 2 N–H and O–H groups in total. The summed E-state index contributed by atoms with van der Waals surface area (Å²) in [6.45, 7) is 1.83.